The molecule has 0 aromatic heterocycles. The normalized spacial score (nSPS) is 43.4. The molecule has 4 atom stereocenters. The van der Waals surface area contributed by atoms with Crippen LogP contribution in [-0.4, -0.2) is 21.4 Å². The first-order valence-corrected chi connectivity index (χ1v) is 6.84. The van der Waals surface area contributed by atoms with Crippen LogP contribution >= 0.6 is 0 Å². The molecule has 2 N–H and O–H groups in total. The molecule has 2 rings (SSSR count). The highest BCUT2D eigenvalue weighted by molar-refractivity contribution is 5.13. The molecule has 0 aliphatic heterocycles. The first-order valence-electron chi connectivity index (χ1n) is 6.84. The molecule has 2 fully saturated rings. The van der Waals surface area contributed by atoms with Gasteiger partial charge in [-0.05, 0) is 70.6 Å². The monoisotopic (exact) mass is 238 g/mol. The standard InChI is InChI=1S/C15H26O2/c1-10-5-6-11(14(2,3)16)9-13-12(10)7-8-15(13,4)17/h11-13,16-17H,1,5-9H2,2-4H3/t11-,12+,13+,15+/m1/s1. The van der Waals surface area contributed by atoms with Crippen molar-refractivity contribution in [2.45, 2.75) is 64.1 Å². The molecule has 0 unspecified atom stereocenters. The van der Waals surface area contributed by atoms with Crippen molar-refractivity contribution in [1.82, 2.24) is 0 Å². The van der Waals surface area contributed by atoms with Gasteiger partial charge in [0, 0.05) is 0 Å². The zero-order chi connectivity index (χ0) is 12.8. The smallest absolute Gasteiger partial charge is 0.0653 e. The minimum Gasteiger partial charge on any atom is -0.390 e. The van der Waals surface area contributed by atoms with Crippen molar-refractivity contribution >= 4 is 0 Å². The SMILES string of the molecule is C=C1CC[C@@H](C(C)(C)O)C[C@H]2[C@H]1CC[C@]2(C)O. The number of hydrogen-bond donors (Lipinski definition) is 2. The Morgan fingerprint density at radius 3 is 2.59 bits per heavy atom. The molecule has 0 radical (unpaired) electrons. The average molecular weight is 238 g/mol. The van der Waals surface area contributed by atoms with Gasteiger partial charge in [-0.2, -0.15) is 0 Å². The third-order valence-electron chi connectivity index (χ3n) is 5.12. The highest BCUT2D eigenvalue weighted by Gasteiger charge is 2.48. The Morgan fingerprint density at radius 2 is 2.00 bits per heavy atom. The highest BCUT2D eigenvalue weighted by Crippen LogP contribution is 2.51. The Labute approximate surface area is 105 Å². The van der Waals surface area contributed by atoms with E-state index in [9.17, 15) is 10.2 Å². The first kappa shape index (κ1) is 13.1. The summed E-state index contributed by atoms with van der Waals surface area (Å²) in [6, 6.07) is 0. The quantitative estimate of drug-likeness (QED) is 0.690. The Hall–Kier alpha value is -0.340. The van der Waals surface area contributed by atoms with E-state index in [2.05, 4.69) is 6.58 Å². The van der Waals surface area contributed by atoms with E-state index in [1.54, 1.807) is 0 Å². The predicted molar refractivity (Wildman–Crippen MR) is 69.6 cm³/mol. The zero-order valence-corrected chi connectivity index (χ0v) is 11.4. The lowest BCUT2D eigenvalue weighted by Crippen LogP contribution is -2.37. The molecule has 0 aromatic rings. The Morgan fingerprint density at radius 1 is 1.35 bits per heavy atom. The lowest BCUT2D eigenvalue weighted by atomic mass is 9.76. The summed E-state index contributed by atoms with van der Waals surface area (Å²) in [5.74, 6) is 1.03. The van der Waals surface area contributed by atoms with Crippen LogP contribution in [0.2, 0.25) is 0 Å². The van der Waals surface area contributed by atoms with Gasteiger partial charge in [0.15, 0.2) is 0 Å². The molecule has 0 amide bonds. The molecule has 2 aliphatic rings. The minimum absolute atomic E-state index is 0.277. The van der Waals surface area contributed by atoms with E-state index in [0.29, 0.717) is 5.92 Å². The van der Waals surface area contributed by atoms with Gasteiger partial charge < -0.3 is 10.2 Å². The van der Waals surface area contributed by atoms with Gasteiger partial charge in [0.2, 0.25) is 0 Å². The number of fused-ring (bicyclic) bond motifs is 1. The van der Waals surface area contributed by atoms with Crippen molar-refractivity contribution in [2.24, 2.45) is 17.8 Å². The second kappa shape index (κ2) is 4.10. The van der Waals surface area contributed by atoms with Crippen molar-refractivity contribution in [3.63, 3.8) is 0 Å². The molecular formula is C15H26O2. The van der Waals surface area contributed by atoms with Crippen LogP contribution in [0, 0.1) is 17.8 Å². The van der Waals surface area contributed by atoms with Gasteiger partial charge >= 0.3 is 0 Å². The van der Waals surface area contributed by atoms with Gasteiger partial charge in [-0.1, -0.05) is 12.2 Å². The third-order valence-corrected chi connectivity index (χ3v) is 5.12. The Kier molecular flexibility index (Phi) is 3.16. The van der Waals surface area contributed by atoms with E-state index in [1.165, 1.54) is 5.57 Å². The minimum atomic E-state index is -0.645. The average Bonchev–Trinajstić information content (AvgIpc) is 2.37. The van der Waals surface area contributed by atoms with Crippen LogP contribution in [-0.2, 0) is 0 Å². The maximum atomic E-state index is 10.5. The van der Waals surface area contributed by atoms with E-state index in [4.69, 9.17) is 0 Å². The van der Waals surface area contributed by atoms with E-state index in [0.717, 1.165) is 32.1 Å². The summed E-state index contributed by atoms with van der Waals surface area (Å²) in [6.07, 6.45) is 4.88. The van der Waals surface area contributed by atoms with Crippen LogP contribution in [0.1, 0.15) is 52.9 Å². The summed E-state index contributed by atoms with van der Waals surface area (Å²) >= 11 is 0. The van der Waals surface area contributed by atoms with Gasteiger partial charge in [0.25, 0.3) is 0 Å². The second-order valence-corrected chi connectivity index (χ2v) is 6.89. The van der Waals surface area contributed by atoms with Crippen LogP contribution in [0.15, 0.2) is 12.2 Å². The Balaban J connectivity index is 2.24. The van der Waals surface area contributed by atoms with Gasteiger partial charge in [0.1, 0.15) is 0 Å². The van der Waals surface area contributed by atoms with Crippen molar-refractivity contribution in [3.8, 4) is 0 Å². The molecule has 2 aliphatic carbocycles. The summed E-state index contributed by atoms with van der Waals surface area (Å²) in [5, 5.41) is 20.7. The van der Waals surface area contributed by atoms with Gasteiger partial charge in [-0.15, -0.1) is 0 Å². The van der Waals surface area contributed by atoms with Crippen molar-refractivity contribution in [3.05, 3.63) is 12.2 Å². The molecule has 0 spiro atoms. The molecule has 17 heavy (non-hydrogen) atoms. The van der Waals surface area contributed by atoms with Crippen LogP contribution in [0.3, 0.4) is 0 Å². The van der Waals surface area contributed by atoms with Crippen molar-refractivity contribution in [1.29, 1.82) is 0 Å². The number of hydrogen-bond acceptors (Lipinski definition) is 2. The third kappa shape index (κ3) is 2.43. The fourth-order valence-electron chi connectivity index (χ4n) is 3.79. The molecular weight excluding hydrogens is 212 g/mol. The van der Waals surface area contributed by atoms with Gasteiger partial charge in [0.05, 0.1) is 11.2 Å². The molecule has 0 heterocycles. The molecule has 0 bridgehead atoms. The van der Waals surface area contributed by atoms with Gasteiger partial charge in [-0.3, -0.25) is 0 Å². The fourth-order valence-corrected chi connectivity index (χ4v) is 3.79. The largest absolute Gasteiger partial charge is 0.390 e. The van der Waals surface area contributed by atoms with Crippen molar-refractivity contribution < 1.29 is 10.2 Å². The van der Waals surface area contributed by atoms with E-state index >= 15 is 0 Å². The maximum absolute atomic E-state index is 10.5. The summed E-state index contributed by atoms with van der Waals surface area (Å²) < 4.78 is 0. The molecule has 2 nitrogen and oxygen atoms in total. The summed E-state index contributed by atoms with van der Waals surface area (Å²) in [6.45, 7) is 9.95. The number of aliphatic hydroxyl groups is 2. The number of allylic oxidation sites excluding steroid dienone is 1. The Bertz CT molecular complexity index is 311. The topological polar surface area (TPSA) is 40.5 Å². The van der Waals surface area contributed by atoms with Gasteiger partial charge in [-0.25, -0.2) is 0 Å². The fraction of sp³-hybridized carbons (Fsp3) is 0.867. The van der Waals surface area contributed by atoms with Crippen LogP contribution in [0.5, 0.6) is 0 Å². The molecule has 98 valence electrons. The lowest BCUT2D eigenvalue weighted by Gasteiger charge is -2.35. The summed E-state index contributed by atoms with van der Waals surface area (Å²) in [7, 11) is 0. The second-order valence-electron chi connectivity index (χ2n) is 6.89. The highest BCUT2D eigenvalue weighted by atomic mass is 16.3. The van der Waals surface area contributed by atoms with E-state index in [1.807, 2.05) is 20.8 Å². The van der Waals surface area contributed by atoms with E-state index < -0.39 is 11.2 Å². The molecule has 0 aromatic carbocycles. The lowest BCUT2D eigenvalue weighted by molar-refractivity contribution is -0.0325. The maximum Gasteiger partial charge on any atom is 0.0653 e. The van der Waals surface area contributed by atoms with Crippen molar-refractivity contribution in [2.75, 3.05) is 0 Å². The van der Waals surface area contributed by atoms with Crippen LogP contribution in [0.4, 0.5) is 0 Å². The number of rotatable bonds is 1. The summed E-state index contributed by atoms with van der Waals surface area (Å²) in [5.41, 5.74) is 0.0782. The first-order chi connectivity index (χ1) is 7.72. The molecule has 2 heteroatoms. The van der Waals surface area contributed by atoms with Crippen LogP contribution < -0.4 is 0 Å². The molecule has 2 saturated carbocycles. The molecule has 0 saturated heterocycles. The zero-order valence-electron chi connectivity index (χ0n) is 11.4. The predicted octanol–water partition coefficient (Wildman–Crippen LogP) is 2.89. The van der Waals surface area contributed by atoms with Crippen LogP contribution in [0.25, 0.3) is 0 Å². The van der Waals surface area contributed by atoms with E-state index in [-0.39, 0.29) is 11.8 Å². The summed E-state index contributed by atoms with van der Waals surface area (Å²) in [4.78, 5) is 0.